The minimum atomic E-state index is 0.582. The van der Waals surface area contributed by atoms with Crippen LogP contribution in [-0.2, 0) is 0 Å². The minimum absolute atomic E-state index is 0.582. The highest BCUT2D eigenvalue weighted by Gasteiger charge is 2.22. The number of aryl methyl sites for hydroxylation is 8. The number of hydrogen-bond acceptors (Lipinski definition) is 10. The second kappa shape index (κ2) is 10.7. The van der Waals surface area contributed by atoms with Crippen molar-refractivity contribution < 1.29 is 0 Å². The summed E-state index contributed by atoms with van der Waals surface area (Å²) in [6, 6.07) is 0. The van der Waals surface area contributed by atoms with E-state index in [1.165, 1.54) is 0 Å². The lowest BCUT2D eigenvalue weighted by Gasteiger charge is -2.16. The molecule has 0 bridgehead atoms. The first kappa shape index (κ1) is 28.9. The molecule has 214 valence electrons. The summed E-state index contributed by atoms with van der Waals surface area (Å²) in [7, 11) is 0. The molecule has 0 radical (unpaired) electrons. The number of rotatable bonds is 4. The normalized spacial score (nSPS) is 11.3. The van der Waals surface area contributed by atoms with Gasteiger partial charge in [-0.15, -0.1) is 10.2 Å². The predicted molar refractivity (Wildman–Crippen MR) is 163 cm³/mol. The van der Waals surface area contributed by atoms with E-state index in [0.29, 0.717) is 45.8 Å². The molecule has 5 aromatic heterocycles. The summed E-state index contributed by atoms with van der Waals surface area (Å²) in [5.74, 6) is 1.16. The average Bonchev–Trinajstić information content (AvgIpc) is 2.93. The topological polar surface area (TPSA) is 129 Å². The predicted octanol–water partition coefficient (Wildman–Crippen LogP) is 6.01. The van der Waals surface area contributed by atoms with Gasteiger partial charge >= 0.3 is 0 Å². The highest BCUT2D eigenvalue weighted by atomic mass is 15.1. The van der Waals surface area contributed by atoms with E-state index in [1.54, 1.807) is 0 Å². The summed E-state index contributed by atoms with van der Waals surface area (Å²) in [5, 5.41) is 9.28. The summed E-state index contributed by atoms with van der Waals surface area (Å²) >= 11 is 0. The summed E-state index contributed by atoms with van der Waals surface area (Å²) in [6.45, 7) is 23.8. The van der Waals surface area contributed by atoms with Crippen molar-refractivity contribution >= 4 is 0 Å². The van der Waals surface area contributed by atoms with E-state index in [1.807, 2.05) is 83.1 Å². The molecule has 0 aliphatic carbocycles. The molecular formula is C32H36N10. The molecule has 10 nitrogen and oxygen atoms in total. The molecule has 0 unspecified atom stereocenters. The van der Waals surface area contributed by atoms with Crippen molar-refractivity contribution in [2.24, 2.45) is 0 Å². The minimum Gasteiger partial charge on any atom is -0.247 e. The SMILES string of the molecule is Cc1nc(-c2nnc(-c3nc(C)c(-c4nc(C)c(C)c(C)n4)nc3C)c(C)c2C)c(C)nc1-c1nc(C)c(C)c(C)n1. The zero-order chi connectivity index (χ0) is 30.6. The molecule has 0 spiro atoms. The first-order valence-corrected chi connectivity index (χ1v) is 14.0. The van der Waals surface area contributed by atoms with Gasteiger partial charge in [-0.25, -0.2) is 39.9 Å². The van der Waals surface area contributed by atoms with E-state index < -0.39 is 0 Å². The highest BCUT2D eigenvalue weighted by Crippen LogP contribution is 2.32. The van der Waals surface area contributed by atoms with Gasteiger partial charge in [-0.2, -0.15) is 0 Å². The second-order valence-electron chi connectivity index (χ2n) is 11.0. The van der Waals surface area contributed by atoms with Gasteiger partial charge in [0.1, 0.15) is 34.2 Å². The molecule has 0 amide bonds. The maximum absolute atomic E-state index is 4.92. The van der Waals surface area contributed by atoms with Gasteiger partial charge in [0.15, 0.2) is 11.6 Å². The van der Waals surface area contributed by atoms with E-state index in [9.17, 15) is 0 Å². The fraction of sp³-hybridized carbons (Fsp3) is 0.375. The average molecular weight is 561 g/mol. The van der Waals surface area contributed by atoms with Crippen molar-refractivity contribution in [3.8, 4) is 45.8 Å². The van der Waals surface area contributed by atoms with Gasteiger partial charge in [-0.05, 0) is 105 Å². The molecule has 10 heteroatoms. The quantitative estimate of drug-likeness (QED) is 0.258. The molecule has 5 aromatic rings. The fourth-order valence-corrected chi connectivity index (χ4v) is 4.89. The number of hydrogen-bond donors (Lipinski definition) is 0. The molecule has 0 aliphatic heterocycles. The Hall–Kier alpha value is -4.60. The van der Waals surface area contributed by atoms with Gasteiger partial charge in [0, 0.05) is 22.8 Å². The van der Waals surface area contributed by atoms with Crippen LogP contribution in [0.5, 0.6) is 0 Å². The van der Waals surface area contributed by atoms with Crippen molar-refractivity contribution in [2.45, 2.75) is 83.1 Å². The molecule has 42 heavy (non-hydrogen) atoms. The summed E-state index contributed by atoms with van der Waals surface area (Å²) < 4.78 is 0. The fourth-order valence-electron chi connectivity index (χ4n) is 4.89. The number of aromatic nitrogens is 10. The van der Waals surface area contributed by atoms with Gasteiger partial charge in [0.05, 0.1) is 22.8 Å². The Morgan fingerprint density at radius 3 is 0.810 bits per heavy atom. The largest absolute Gasteiger partial charge is 0.247 e. The van der Waals surface area contributed by atoms with Crippen molar-refractivity contribution in [1.82, 2.24) is 50.1 Å². The molecule has 0 atom stereocenters. The Morgan fingerprint density at radius 1 is 0.238 bits per heavy atom. The van der Waals surface area contributed by atoms with E-state index >= 15 is 0 Å². The van der Waals surface area contributed by atoms with Crippen LogP contribution >= 0.6 is 0 Å². The van der Waals surface area contributed by atoms with Crippen molar-refractivity contribution in [2.75, 3.05) is 0 Å². The van der Waals surface area contributed by atoms with Crippen LogP contribution < -0.4 is 0 Å². The van der Waals surface area contributed by atoms with Crippen LogP contribution in [0.1, 0.15) is 67.8 Å². The molecule has 0 saturated carbocycles. The van der Waals surface area contributed by atoms with Gasteiger partial charge < -0.3 is 0 Å². The Labute approximate surface area is 246 Å². The molecule has 0 fully saturated rings. The third-order valence-corrected chi connectivity index (χ3v) is 8.15. The smallest absolute Gasteiger partial charge is 0.180 e. The van der Waals surface area contributed by atoms with Crippen LogP contribution in [0.15, 0.2) is 0 Å². The lowest BCUT2D eigenvalue weighted by atomic mass is 10.0. The van der Waals surface area contributed by atoms with Gasteiger partial charge in [-0.3, -0.25) is 0 Å². The Bertz CT molecular complexity index is 1730. The monoisotopic (exact) mass is 560 g/mol. The number of nitrogens with zero attached hydrogens (tertiary/aromatic N) is 10. The Balaban J connectivity index is 1.56. The zero-order valence-electron chi connectivity index (χ0n) is 26.5. The standard InChI is InChI=1S/C32H36N10/c1-13-14(2)26(28-22(10)36-30(24(12)34-28)32-39-19(7)16(4)20(8)40-32)42-41-25(13)27-21(9)35-29(23(11)33-27)31-37-17(5)15(3)18(6)38-31/h1-12H3. The van der Waals surface area contributed by atoms with E-state index in [0.717, 1.165) is 67.8 Å². The maximum atomic E-state index is 4.92. The van der Waals surface area contributed by atoms with Crippen LogP contribution in [0, 0.1) is 83.1 Å². The second-order valence-corrected chi connectivity index (χ2v) is 11.0. The molecular weight excluding hydrogens is 524 g/mol. The van der Waals surface area contributed by atoms with E-state index in [-0.39, 0.29) is 0 Å². The van der Waals surface area contributed by atoms with Gasteiger partial charge in [0.25, 0.3) is 0 Å². The highest BCUT2D eigenvalue weighted by molar-refractivity contribution is 5.71. The van der Waals surface area contributed by atoms with Crippen molar-refractivity contribution in [3.63, 3.8) is 0 Å². The molecule has 5 heterocycles. The molecule has 0 aliphatic rings. The van der Waals surface area contributed by atoms with Gasteiger partial charge in [-0.1, -0.05) is 0 Å². The first-order chi connectivity index (χ1) is 19.8. The van der Waals surface area contributed by atoms with E-state index in [2.05, 4.69) is 30.1 Å². The van der Waals surface area contributed by atoms with Crippen LogP contribution in [0.4, 0.5) is 0 Å². The Kier molecular flexibility index (Phi) is 7.34. The maximum Gasteiger partial charge on any atom is 0.180 e. The van der Waals surface area contributed by atoms with Gasteiger partial charge in [0.2, 0.25) is 0 Å². The summed E-state index contributed by atoms with van der Waals surface area (Å²) in [6.07, 6.45) is 0. The summed E-state index contributed by atoms with van der Waals surface area (Å²) in [4.78, 5) is 38.3. The first-order valence-electron chi connectivity index (χ1n) is 14.0. The van der Waals surface area contributed by atoms with E-state index in [4.69, 9.17) is 19.9 Å². The van der Waals surface area contributed by atoms with Crippen molar-refractivity contribution in [3.05, 3.63) is 67.8 Å². The Morgan fingerprint density at radius 2 is 0.500 bits per heavy atom. The molecule has 5 rings (SSSR count). The van der Waals surface area contributed by atoms with Crippen LogP contribution in [0.2, 0.25) is 0 Å². The van der Waals surface area contributed by atoms with Crippen LogP contribution in [0.25, 0.3) is 45.8 Å². The lowest BCUT2D eigenvalue weighted by molar-refractivity contribution is 0.949. The van der Waals surface area contributed by atoms with Crippen LogP contribution in [0.3, 0.4) is 0 Å². The zero-order valence-corrected chi connectivity index (χ0v) is 26.5. The summed E-state index contributed by atoms with van der Waals surface area (Å²) in [5.41, 5.74) is 14.9. The third-order valence-electron chi connectivity index (χ3n) is 8.15. The molecule has 0 aromatic carbocycles. The van der Waals surface area contributed by atoms with Crippen molar-refractivity contribution in [1.29, 1.82) is 0 Å². The molecule has 0 saturated heterocycles. The van der Waals surface area contributed by atoms with Crippen LogP contribution in [-0.4, -0.2) is 50.1 Å². The lowest BCUT2D eigenvalue weighted by Crippen LogP contribution is -2.09. The molecule has 0 N–H and O–H groups in total. The third kappa shape index (κ3) is 4.91.